The number of nitrogens with zero attached hydrogens (tertiary/aromatic N) is 4. The number of amides is 2. The van der Waals surface area contributed by atoms with Gasteiger partial charge in [0, 0.05) is 36.8 Å². The lowest BCUT2D eigenvalue weighted by Crippen LogP contribution is -2.64. The zero-order valence-corrected chi connectivity index (χ0v) is 20.2. The fourth-order valence-electron chi connectivity index (χ4n) is 4.76. The Morgan fingerprint density at radius 1 is 1.26 bits per heavy atom. The van der Waals surface area contributed by atoms with Crippen molar-refractivity contribution in [2.45, 2.75) is 45.9 Å². The number of carbonyl (C=O) groups excluding carboxylic acids is 2. The minimum atomic E-state index is -1.31. The van der Waals surface area contributed by atoms with Crippen molar-refractivity contribution in [2.75, 3.05) is 19.6 Å². The first kappa shape index (κ1) is 23.8. The first-order valence-corrected chi connectivity index (χ1v) is 11.4. The average molecular weight is 469 g/mol. The monoisotopic (exact) mass is 468 g/mol. The third-order valence-corrected chi connectivity index (χ3v) is 6.42. The molecule has 0 radical (unpaired) electrons. The van der Waals surface area contributed by atoms with Gasteiger partial charge in [-0.2, -0.15) is 0 Å². The highest BCUT2D eigenvalue weighted by Crippen LogP contribution is 2.40. The zero-order valence-electron chi connectivity index (χ0n) is 20.2. The summed E-state index contributed by atoms with van der Waals surface area (Å²) in [5.74, 6) is -0.438. The second-order valence-corrected chi connectivity index (χ2v) is 10.0. The number of benzene rings is 1. The third kappa shape index (κ3) is 3.83. The van der Waals surface area contributed by atoms with Crippen LogP contribution in [0.15, 0.2) is 36.5 Å². The van der Waals surface area contributed by atoms with E-state index in [1.807, 2.05) is 13.8 Å². The quantitative estimate of drug-likeness (QED) is 0.619. The molecule has 1 aromatic carbocycles. The molecule has 2 aromatic rings. The summed E-state index contributed by atoms with van der Waals surface area (Å²) in [4.78, 5) is 34.6. The molecule has 4 rings (SSSR count). The van der Waals surface area contributed by atoms with Crippen molar-refractivity contribution in [1.29, 1.82) is 0 Å². The normalized spacial score (nSPS) is 20.8. The molecule has 3 heterocycles. The number of allylic oxidation sites excluding steroid dienone is 2. The van der Waals surface area contributed by atoms with Crippen molar-refractivity contribution in [1.82, 2.24) is 19.4 Å². The Labute approximate surface area is 198 Å². The molecule has 2 aliphatic rings. The molecule has 2 amide bonds. The molecule has 0 aliphatic carbocycles. The summed E-state index contributed by atoms with van der Waals surface area (Å²) >= 11 is 0. The summed E-state index contributed by atoms with van der Waals surface area (Å²) in [6, 6.07) is 5.88. The van der Waals surface area contributed by atoms with Gasteiger partial charge in [0.1, 0.15) is 17.3 Å². The maximum absolute atomic E-state index is 13.7. The minimum Gasteiger partial charge on any atom is -0.389 e. The summed E-state index contributed by atoms with van der Waals surface area (Å²) in [6.07, 6.45) is 3.27. The predicted molar refractivity (Wildman–Crippen MR) is 125 cm³/mol. The fourth-order valence-corrected chi connectivity index (χ4v) is 4.76. The number of imidazole rings is 1. The van der Waals surface area contributed by atoms with Gasteiger partial charge in [-0.1, -0.05) is 13.8 Å². The maximum atomic E-state index is 13.7. The van der Waals surface area contributed by atoms with Gasteiger partial charge in [0.25, 0.3) is 11.8 Å². The van der Waals surface area contributed by atoms with Crippen LogP contribution in [-0.2, 0) is 10.5 Å². The maximum Gasteiger partial charge on any atom is 0.274 e. The molecule has 2 aliphatic heterocycles. The number of aliphatic hydroxyl groups is 1. The number of nitrogens with two attached hydrogens (primary N) is 1. The Balaban J connectivity index is 1.80. The summed E-state index contributed by atoms with van der Waals surface area (Å²) < 4.78 is 15.0. The average Bonchev–Trinajstić information content (AvgIpc) is 3.27. The summed E-state index contributed by atoms with van der Waals surface area (Å²) in [5.41, 5.74) is -0.216. The van der Waals surface area contributed by atoms with E-state index < -0.39 is 11.3 Å². The SMILES string of the molecule is CC(C)C(=CC(=[NH2+])c1ccc(F)cc1)c1ncc2n1C1(C)C(=O)N(CC(C)(C)O)CCN1C2=O. The van der Waals surface area contributed by atoms with Crippen molar-refractivity contribution in [2.24, 2.45) is 5.92 Å². The lowest BCUT2D eigenvalue weighted by atomic mass is 9.97. The van der Waals surface area contributed by atoms with Gasteiger partial charge >= 0.3 is 0 Å². The van der Waals surface area contributed by atoms with Crippen molar-refractivity contribution < 1.29 is 24.5 Å². The molecule has 34 heavy (non-hydrogen) atoms. The molecule has 3 N–H and O–H groups in total. The van der Waals surface area contributed by atoms with Crippen LogP contribution in [-0.4, -0.2) is 67.2 Å². The van der Waals surface area contributed by atoms with E-state index in [9.17, 15) is 19.1 Å². The van der Waals surface area contributed by atoms with Gasteiger partial charge in [-0.15, -0.1) is 0 Å². The number of hydrogen-bond acceptors (Lipinski definition) is 4. The number of aromatic nitrogens is 2. The second kappa shape index (κ2) is 8.16. The standard InChI is InChI=1S/C25H30FN5O3/c1-15(2)18(12-19(27)16-6-8-17(26)9-7-16)21-28-13-20-22(32)30-11-10-29(14-24(3,4)34)23(33)25(30,5)31(20)21/h6-9,12-13,15,27,34H,10-11,14H2,1-5H3/p+1. The Kier molecular flexibility index (Phi) is 5.72. The van der Waals surface area contributed by atoms with Gasteiger partial charge in [0.05, 0.1) is 11.8 Å². The van der Waals surface area contributed by atoms with Crippen LogP contribution < -0.4 is 5.41 Å². The van der Waals surface area contributed by atoms with Crippen LogP contribution in [0.4, 0.5) is 4.39 Å². The number of carbonyl (C=O) groups is 2. The molecule has 0 bridgehead atoms. The van der Waals surface area contributed by atoms with E-state index in [2.05, 4.69) is 4.98 Å². The van der Waals surface area contributed by atoms with Gasteiger partial charge in [-0.05, 0) is 51.0 Å². The van der Waals surface area contributed by atoms with Crippen molar-refractivity contribution in [3.8, 4) is 0 Å². The Morgan fingerprint density at radius 3 is 2.50 bits per heavy atom. The summed E-state index contributed by atoms with van der Waals surface area (Å²) in [5, 5.41) is 16.7. The number of hydrogen-bond donors (Lipinski definition) is 2. The van der Waals surface area contributed by atoms with Crippen molar-refractivity contribution in [3.05, 3.63) is 59.4 Å². The molecule has 1 atom stereocenters. The van der Waals surface area contributed by atoms with Gasteiger partial charge in [-0.25, -0.2) is 9.37 Å². The molecule has 9 heteroatoms. The largest absolute Gasteiger partial charge is 0.389 e. The van der Waals surface area contributed by atoms with E-state index in [1.165, 1.54) is 18.3 Å². The van der Waals surface area contributed by atoms with Crippen LogP contribution in [0.2, 0.25) is 0 Å². The Hall–Kier alpha value is -3.33. The highest BCUT2D eigenvalue weighted by molar-refractivity contribution is 6.09. The van der Waals surface area contributed by atoms with Crippen LogP contribution in [0.3, 0.4) is 0 Å². The second-order valence-electron chi connectivity index (χ2n) is 10.0. The van der Waals surface area contributed by atoms with Crippen molar-refractivity contribution in [3.63, 3.8) is 0 Å². The van der Waals surface area contributed by atoms with Crippen LogP contribution >= 0.6 is 0 Å². The van der Waals surface area contributed by atoms with E-state index in [1.54, 1.807) is 53.3 Å². The molecule has 1 unspecified atom stereocenters. The summed E-state index contributed by atoms with van der Waals surface area (Å²) in [6.45, 7) is 9.82. The molecule has 1 aromatic heterocycles. The third-order valence-electron chi connectivity index (χ3n) is 6.42. The highest BCUT2D eigenvalue weighted by Gasteiger charge is 2.57. The van der Waals surface area contributed by atoms with Gasteiger partial charge < -0.3 is 14.9 Å². The molecular weight excluding hydrogens is 437 g/mol. The Morgan fingerprint density at radius 2 is 1.91 bits per heavy atom. The summed E-state index contributed by atoms with van der Waals surface area (Å²) in [7, 11) is 0. The van der Waals surface area contributed by atoms with E-state index >= 15 is 0 Å². The molecule has 1 fully saturated rings. The molecule has 180 valence electrons. The zero-order chi connectivity index (χ0) is 25.0. The first-order valence-electron chi connectivity index (χ1n) is 11.4. The van der Waals surface area contributed by atoms with Crippen LogP contribution in [0.1, 0.15) is 56.5 Å². The van der Waals surface area contributed by atoms with Gasteiger partial charge in [0.2, 0.25) is 5.71 Å². The number of rotatable bonds is 6. The fraction of sp³-hybridized carbons (Fsp3) is 0.440. The van der Waals surface area contributed by atoms with E-state index in [0.717, 1.165) is 5.57 Å². The minimum absolute atomic E-state index is 0.0376. The van der Waals surface area contributed by atoms with Crippen LogP contribution in [0, 0.1) is 11.7 Å². The van der Waals surface area contributed by atoms with E-state index in [0.29, 0.717) is 35.9 Å². The highest BCUT2D eigenvalue weighted by atomic mass is 19.1. The number of fused-ring (bicyclic) bond motifs is 3. The van der Waals surface area contributed by atoms with Crippen LogP contribution in [0.5, 0.6) is 0 Å². The van der Waals surface area contributed by atoms with E-state index in [-0.39, 0.29) is 30.1 Å². The lowest BCUT2D eigenvalue weighted by molar-refractivity contribution is -0.156. The smallest absolute Gasteiger partial charge is 0.274 e. The molecule has 8 nitrogen and oxygen atoms in total. The van der Waals surface area contributed by atoms with E-state index in [4.69, 9.17) is 5.41 Å². The van der Waals surface area contributed by atoms with Gasteiger partial charge in [0.15, 0.2) is 5.66 Å². The number of β-amino-alcohol motifs (C(OH)–C–C–N with tert-alkyl or cyclic N) is 1. The first-order chi connectivity index (χ1) is 15.8. The Bertz CT molecular complexity index is 1190. The number of piperazine rings is 1. The molecule has 1 saturated heterocycles. The van der Waals surface area contributed by atoms with Crippen LogP contribution in [0.25, 0.3) is 5.57 Å². The molecule has 0 saturated carbocycles. The van der Waals surface area contributed by atoms with Crippen molar-refractivity contribution >= 4 is 23.1 Å². The topological polar surface area (TPSA) is 104 Å². The predicted octanol–water partition coefficient (Wildman–Crippen LogP) is 1.05. The van der Waals surface area contributed by atoms with Gasteiger partial charge in [-0.3, -0.25) is 19.6 Å². The molecular formula is C25H31FN5O3+. The number of halogens is 1. The lowest BCUT2D eigenvalue weighted by Gasteiger charge is -2.45. The molecule has 0 spiro atoms.